The van der Waals surface area contributed by atoms with Crippen LogP contribution in [0, 0.1) is 24.0 Å². The van der Waals surface area contributed by atoms with Gasteiger partial charge >= 0.3 is 0 Å². The summed E-state index contributed by atoms with van der Waals surface area (Å²) >= 11 is 5.72. The van der Waals surface area contributed by atoms with Gasteiger partial charge in [0, 0.05) is 17.3 Å². The lowest BCUT2D eigenvalue weighted by Crippen LogP contribution is -2.24. The van der Waals surface area contributed by atoms with Crippen molar-refractivity contribution in [3.05, 3.63) is 68.2 Å². The van der Waals surface area contributed by atoms with Crippen LogP contribution in [-0.4, -0.2) is 23.0 Å². The van der Waals surface area contributed by atoms with Crippen LogP contribution in [0.4, 0.5) is 11.4 Å². The Hall–Kier alpha value is -3.26. The lowest BCUT2D eigenvalue weighted by atomic mass is 10.1. The number of nitrogens with zero attached hydrogens (tertiary/aromatic N) is 2. The summed E-state index contributed by atoms with van der Waals surface area (Å²) in [4.78, 5) is 33.9. The molecule has 0 aliphatic heterocycles. The van der Waals surface area contributed by atoms with E-state index in [1.54, 1.807) is 6.07 Å². The average molecular weight is 389 g/mol. The molecule has 140 valence electrons. The molecule has 2 N–H and O–H groups in total. The number of nitrogens with one attached hydrogen (secondary N) is 2. The summed E-state index contributed by atoms with van der Waals surface area (Å²) < 4.78 is 0. The molecule has 0 aliphatic carbocycles. The van der Waals surface area contributed by atoms with E-state index in [1.807, 2.05) is 26.0 Å². The van der Waals surface area contributed by atoms with Gasteiger partial charge in [0.1, 0.15) is 11.4 Å². The lowest BCUT2D eigenvalue weighted by Gasteiger charge is -2.07. The number of carbonyl (C=O) groups excluding carboxylic acids is 2. The van der Waals surface area contributed by atoms with Crippen LogP contribution in [0.15, 0.2) is 41.5 Å². The number of hydrogen-bond acceptors (Lipinski definition) is 5. The summed E-state index contributed by atoms with van der Waals surface area (Å²) in [6.45, 7) is 3.88. The van der Waals surface area contributed by atoms with E-state index in [1.165, 1.54) is 24.4 Å². The van der Waals surface area contributed by atoms with Crippen molar-refractivity contribution in [2.45, 2.75) is 20.3 Å². The molecule has 0 heterocycles. The van der Waals surface area contributed by atoms with Crippen molar-refractivity contribution in [3.8, 4) is 0 Å². The van der Waals surface area contributed by atoms with Gasteiger partial charge < -0.3 is 5.32 Å². The molecule has 0 unspecified atom stereocenters. The predicted octanol–water partition coefficient (Wildman–Crippen LogP) is 3.34. The fourth-order valence-electron chi connectivity index (χ4n) is 2.14. The van der Waals surface area contributed by atoms with Crippen LogP contribution >= 0.6 is 11.6 Å². The molecule has 0 saturated carbocycles. The predicted molar refractivity (Wildman–Crippen MR) is 103 cm³/mol. The topological polar surface area (TPSA) is 114 Å². The Labute approximate surface area is 160 Å². The Bertz CT molecular complexity index is 928. The number of halogens is 1. The molecule has 27 heavy (non-hydrogen) atoms. The number of amides is 2. The van der Waals surface area contributed by atoms with E-state index in [0.29, 0.717) is 11.3 Å². The standard InChI is InChI=1S/C18H17ClN4O4/c1-11-3-5-14(7-12(11)2)21-17(24)9-18(25)22-20-10-13-4-6-15(19)16(8-13)23(26)27/h3-8,10H,9H2,1-2H3,(H,21,24)(H,22,25). The lowest BCUT2D eigenvalue weighted by molar-refractivity contribution is -0.384. The van der Waals surface area contributed by atoms with E-state index in [0.717, 1.165) is 11.1 Å². The zero-order valence-electron chi connectivity index (χ0n) is 14.7. The van der Waals surface area contributed by atoms with Gasteiger partial charge in [-0.2, -0.15) is 5.10 Å². The summed E-state index contributed by atoms with van der Waals surface area (Å²) in [5.41, 5.74) is 5.05. The van der Waals surface area contributed by atoms with E-state index in [9.17, 15) is 19.7 Å². The minimum Gasteiger partial charge on any atom is -0.326 e. The second-order valence-electron chi connectivity index (χ2n) is 5.79. The van der Waals surface area contributed by atoms with E-state index in [2.05, 4.69) is 15.8 Å². The third kappa shape index (κ3) is 5.89. The first-order valence-corrected chi connectivity index (χ1v) is 8.27. The monoisotopic (exact) mass is 388 g/mol. The molecule has 0 bridgehead atoms. The molecular weight excluding hydrogens is 372 g/mol. The number of nitro benzene ring substituents is 1. The number of nitro groups is 1. The molecule has 0 aliphatic rings. The molecule has 9 heteroatoms. The highest BCUT2D eigenvalue weighted by atomic mass is 35.5. The van der Waals surface area contributed by atoms with Crippen LogP contribution in [0.3, 0.4) is 0 Å². The van der Waals surface area contributed by atoms with Crippen molar-refractivity contribution in [2.24, 2.45) is 5.10 Å². The zero-order valence-corrected chi connectivity index (χ0v) is 15.4. The Morgan fingerprint density at radius 2 is 1.89 bits per heavy atom. The minimum absolute atomic E-state index is 0.00389. The number of benzene rings is 2. The number of anilines is 1. The molecule has 0 saturated heterocycles. The van der Waals surface area contributed by atoms with Crippen molar-refractivity contribution in [3.63, 3.8) is 0 Å². The van der Waals surface area contributed by atoms with Gasteiger partial charge in [0.05, 0.1) is 11.1 Å². The summed E-state index contributed by atoms with van der Waals surface area (Å²) in [5, 5.41) is 17.2. The Balaban J connectivity index is 1.89. The van der Waals surface area contributed by atoms with Gasteiger partial charge in [0.15, 0.2) is 0 Å². The van der Waals surface area contributed by atoms with Crippen LogP contribution in [0.5, 0.6) is 0 Å². The van der Waals surface area contributed by atoms with Crippen LogP contribution in [0.1, 0.15) is 23.1 Å². The van der Waals surface area contributed by atoms with E-state index >= 15 is 0 Å². The molecule has 0 aromatic heterocycles. The van der Waals surface area contributed by atoms with Gasteiger partial charge in [-0.05, 0) is 43.2 Å². The maximum Gasteiger partial charge on any atom is 0.288 e. The van der Waals surface area contributed by atoms with Gasteiger partial charge in [0.2, 0.25) is 11.8 Å². The van der Waals surface area contributed by atoms with Gasteiger partial charge in [-0.1, -0.05) is 23.7 Å². The number of aryl methyl sites for hydroxylation is 2. The smallest absolute Gasteiger partial charge is 0.288 e. The number of rotatable bonds is 6. The third-order valence-corrected chi connectivity index (χ3v) is 4.00. The summed E-state index contributed by atoms with van der Waals surface area (Å²) in [6.07, 6.45) is 0.813. The first-order chi connectivity index (χ1) is 12.8. The fourth-order valence-corrected chi connectivity index (χ4v) is 2.32. The van der Waals surface area contributed by atoms with Crippen molar-refractivity contribution >= 4 is 41.0 Å². The Morgan fingerprint density at radius 3 is 2.56 bits per heavy atom. The van der Waals surface area contributed by atoms with Crippen LogP contribution in [-0.2, 0) is 9.59 Å². The van der Waals surface area contributed by atoms with Crippen molar-refractivity contribution < 1.29 is 14.5 Å². The quantitative estimate of drug-likeness (QED) is 0.342. The maximum absolute atomic E-state index is 11.9. The summed E-state index contributed by atoms with van der Waals surface area (Å²) in [5.74, 6) is -1.09. The highest BCUT2D eigenvalue weighted by Gasteiger charge is 2.12. The van der Waals surface area contributed by atoms with Crippen molar-refractivity contribution in [2.75, 3.05) is 5.32 Å². The number of hydrogen-bond donors (Lipinski definition) is 2. The minimum atomic E-state index is -0.616. The average Bonchev–Trinajstić information content (AvgIpc) is 2.59. The highest BCUT2D eigenvalue weighted by Crippen LogP contribution is 2.24. The van der Waals surface area contributed by atoms with Gasteiger partial charge in [-0.25, -0.2) is 5.43 Å². The van der Waals surface area contributed by atoms with E-state index in [4.69, 9.17) is 11.6 Å². The molecule has 8 nitrogen and oxygen atoms in total. The zero-order chi connectivity index (χ0) is 20.0. The Morgan fingerprint density at radius 1 is 1.15 bits per heavy atom. The molecule has 0 atom stereocenters. The van der Waals surface area contributed by atoms with Gasteiger partial charge in [-0.3, -0.25) is 19.7 Å². The molecule has 2 aromatic carbocycles. The number of carbonyl (C=O) groups is 2. The second-order valence-corrected chi connectivity index (χ2v) is 6.19. The first kappa shape index (κ1) is 20.1. The summed E-state index contributed by atoms with van der Waals surface area (Å²) in [6, 6.07) is 9.54. The Kier molecular flexibility index (Phi) is 6.62. The van der Waals surface area contributed by atoms with Crippen LogP contribution in [0.2, 0.25) is 5.02 Å². The van der Waals surface area contributed by atoms with Crippen LogP contribution < -0.4 is 10.7 Å². The van der Waals surface area contributed by atoms with Crippen molar-refractivity contribution in [1.82, 2.24) is 5.43 Å². The highest BCUT2D eigenvalue weighted by molar-refractivity contribution is 6.32. The SMILES string of the molecule is Cc1ccc(NC(=O)CC(=O)NN=Cc2ccc(Cl)c([N+](=O)[O-])c2)cc1C. The normalized spacial score (nSPS) is 10.6. The number of hydrazone groups is 1. The molecule has 0 fully saturated rings. The fraction of sp³-hybridized carbons (Fsp3) is 0.167. The van der Waals surface area contributed by atoms with E-state index in [-0.39, 0.29) is 10.7 Å². The van der Waals surface area contributed by atoms with Gasteiger partial charge in [-0.15, -0.1) is 0 Å². The first-order valence-electron chi connectivity index (χ1n) is 7.89. The largest absolute Gasteiger partial charge is 0.326 e. The third-order valence-electron chi connectivity index (χ3n) is 3.68. The molecule has 2 aromatic rings. The molecule has 0 spiro atoms. The van der Waals surface area contributed by atoms with Crippen molar-refractivity contribution in [1.29, 1.82) is 0 Å². The molecule has 2 amide bonds. The van der Waals surface area contributed by atoms with Crippen LogP contribution in [0.25, 0.3) is 0 Å². The van der Waals surface area contributed by atoms with E-state index < -0.39 is 23.2 Å². The molecular formula is C18H17ClN4O4. The van der Waals surface area contributed by atoms with Gasteiger partial charge in [0.25, 0.3) is 5.69 Å². The molecule has 2 rings (SSSR count). The summed E-state index contributed by atoms with van der Waals surface area (Å²) in [7, 11) is 0. The molecule has 0 radical (unpaired) electrons. The second kappa shape index (κ2) is 8.91. The maximum atomic E-state index is 11.9.